The van der Waals surface area contributed by atoms with Crippen molar-refractivity contribution >= 4 is 5.97 Å². The zero-order chi connectivity index (χ0) is 7.56. The maximum atomic E-state index is 10.2. The summed E-state index contributed by atoms with van der Waals surface area (Å²) in [5, 5.41) is 8.40. The molecule has 0 unspecified atom stereocenters. The van der Waals surface area contributed by atoms with Crippen LogP contribution in [0.1, 0.15) is 0 Å². The molecular weight excluding hydrogens is 134 g/mol. The first-order chi connectivity index (χ1) is 4.72. The highest BCUT2D eigenvalue weighted by molar-refractivity contribution is 5.74. The van der Waals surface area contributed by atoms with E-state index in [0.29, 0.717) is 6.61 Å². The first-order valence-corrected chi connectivity index (χ1v) is 2.98. The molecule has 0 aromatic rings. The van der Waals surface area contributed by atoms with Crippen LogP contribution in [0.5, 0.6) is 0 Å². The number of nitrogens with two attached hydrogens (primary N) is 1. The molecule has 0 aromatic carbocycles. The monoisotopic (exact) mass is 143 g/mol. The van der Waals surface area contributed by atoms with Crippen LogP contribution < -0.4 is 5.73 Å². The molecule has 3 N–H and O–H groups in total. The van der Waals surface area contributed by atoms with Crippen molar-refractivity contribution in [1.82, 2.24) is 0 Å². The molecule has 10 heavy (non-hydrogen) atoms. The molecule has 0 radical (unpaired) electrons. The SMILES string of the molecule is N[C@H](C(=O)O)[C@H]1C=CCO1. The summed E-state index contributed by atoms with van der Waals surface area (Å²) in [6, 6.07) is -0.932. The Morgan fingerprint density at radius 2 is 2.60 bits per heavy atom. The molecule has 1 rings (SSSR count). The van der Waals surface area contributed by atoms with Crippen molar-refractivity contribution in [2.24, 2.45) is 5.73 Å². The number of hydrogen-bond acceptors (Lipinski definition) is 3. The second kappa shape index (κ2) is 2.81. The van der Waals surface area contributed by atoms with Gasteiger partial charge < -0.3 is 15.6 Å². The Morgan fingerprint density at radius 3 is 3.00 bits per heavy atom. The molecule has 1 aliphatic rings. The van der Waals surface area contributed by atoms with Gasteiger partial charge in [-0.2, -0.15) is 0 Å². The van der Waals surface area contributed by atoms with Crippen LogP contribution in [0.15, 0.2) is 12.2 Å². The van der Waals surface area contributed by atoms with Crippen LogP contribution in [0.25, 0.3) is 0 Å². The fourth-order valence-electron chi connectivity index (χ4n) is 0.776. The first kappa shape index (κ1) is 7.24. The van der Waals surface area contributed by atoms with E-state index in [-0.39, 0.29) is 0 Å². The van der Waals surface area contributed by atoms with Crippen LogP contribution in [0, 0.1) is 0 Å². The summed E-state index contributed by atoms with van der Waals surface area (Å²) in [5.41, 5.74) is 5.25. The molecule has 1 heterocycles. The first-order valence-electron chi connectivity index (χ1n) is 2.98. The van der Waals surface area contributed by atoms with Crippen molar-refractivity contribution in [2.45, 2.75) is 12.1 Å². The van der Waals surface area contributed by atoms with Crippen LogP contribution in [-0.4, -0.2) is 29.8 Å². The Labute approximate surface area is 58.3 Å². The third-order valence-corrected chi connectivity index (χ3v) is 1.35. The van der Waals surface area contributed by atoms with Crippen LogP contribution in [0.3, 0.4) is 0 Å². The lowest BCUT2D eigenvalue weighted by molar-refractivity contribution is -0.140. The zero-order valence-electron chi connectivity index (χ0n) is 5.36. The highest BCUT2D eigenvalue weighted by atomic mass is 16.5. The Bertz CT molecular complexity index is 166. The third kappa shape index (κ3) is 1.34. The minimum atomic E-state index is -1.03. The fraction of sp³-hybridized carbons (Fsp3) is 0.500. The normalized spacial score (nSPS) is 26.7. The van der Waals surface area contributed by atoms with E-state index in [1.54, 1.807) is 12.2 Å². The lowest BCUT2D eigenvalue weighted by atomic mass is 10.2. The van der Waals surface area contributed by atoms with Gasteiger partial charge in [0, 0.05) is 0 Å². The molecule has 2 atom stereocenters. The Hall–Kier alpha value is -0.870. The summed E-state index contributed by atoms with van der Waals surface area (Å²) < 4.78 is 4.96. The van der Waals surface area contributed by atoms with Gasteiger partial charge in [-0.15, -0.1) is 0 Å². The zero-order valence-corrected chi connectivity index (χ0v) is 5.36. The lowest BCUT2D eigenvalue weighted by Crippen LogP contribution is -2.40. The summed E-state index contributed by atoms with van der Waals surface area (Å²) in [6.45, 7) is 0.464. The quantitative estimate of drug-likeness (QED) is 0.504. The second-order valence-corrected chi connectivity index (χ2v) is 2.09. The molecule has 0 amide bonds. The van der Waals surface area contributed by atoms with Gasteiger partial charge in [0.1, 0.15) is 12.1 Å². The molecule has 0 aliphatic carbocycles. The molecule has 4 nitrogen and oxygen atoms in total. The Morgan fingerprint density at radius 1 is 1.90 bits per heavy atom. The maximum absolute atomic E-state index is 10.2. The van der Waals surface area contributed by atoms with E-state index in [2.05, 4.69) is 0 Å². The second-order valence-electron chi connectivity index (χ2n) is 2.09. The number of carboxylic acid groups (broad SMARTS) is 1. The van der Waals surface area contributed by atoms with Crippen LogP contribution in [0.4, 0.5) is 0 Å². The van der Waals surface area contributed by atoms with Gasteiger partial charge in [0.25, 0.3) is 0 Å². The number of aliphatic carboxylic acids is 1. The van der Waals surface area contributed by atoms with Crippen molar-refractivity contribution in [3.8, 4) is 0 Å². The molecule has 4 heteroatoms. The van der Waals surface area contributed by atoms with E-state index in [0.717, 1.165) is 0 Å². The molecule has 0 aromatic heterocycles. The average molecular weight is 143 g/mol. The highest BCUT2D eigenvalue weighted by Crippen LogP contribution is 2.06. The topological polar surface area (TPSA) is 72.6 Å². The van der Waals surface area contributed by atoms with Crippen LogP contribution in [0.2, 0.25) is 0 Å². The van der Waals surface area contributed by atoms with Crippen molar-refractivity contribution in [2.75, 3.05) is 6.61 Å². The predicted octanol–water partition coefficient (Wildman–Crippen LogP) is -0.647. The molecule has 0 spiro atoms. The lowest BCUT2D eigenvalue weighted by Gasteiger charge is -2.11. The van der Waals surface area contributed by atoms with Gasteiger partial charge in [0.2, 0.25) is 0 Å². The van der Waals surface area contributed by atoms with Gasteiger partial charge >= 0.3 is 5.97 Å². The summed E-state index contributed by atoms with van der Waals surface area (Å²) in [6.07, 6.45) is 2.98. The van der Waals surface area contributed by atoms with Gasteiger partial charge in [-0.05, 0) is 0 Å². The highest BCUT2D eigenvalue weighted by Gasteiger charge is 2.24. The Kier molecular flexibility index (Phi) is 2.03. The summed E-state index contributed by atoms with van der Waals surface area (Å²) in [7, 11) is 0. The number of carbonyl (C=O) groups is 1. The van der Waals surface area contributed by atoms with Gasteiger partial charge in [-0.3, -0.25) is 4.79 Å². The van der Waals surface area contributed by atoms with Crippen molar-refractivity contribution in [3.63, 3.8) is 0 Å². The predicted molar refractivity (Wildman–Crippen MR) is 34.5 cm³/mol. The molecule has 0 fully saturated rings. The van der Waals surface area contributed by atoms with Gasteiger partial charge in [-0.1, -0.05) is 12.2 Å². The molecule has 0 saturated heterocycles. The number of rotatable bonds is 2. The van der Waals surface area contributed by atoms with Crippen molar-refractivity contribution in [3.05, 3.63) is 12.2 Å². The fourth-order valence-corrected chi connectivity index (χ4v) is 0.776. The smallest absolute Gasteiger partial charge is 0.323 e. The third-order valence-electron chi connectivity index (χ3n) is 1.35. The van der Waals surface area contributed by atoms with E-state index >= 15 is 0 Å². The van der Waals surface area contributed by atoms with E-state index in [9.17, 15) is 4.79 Å². The van der Waals surface area contributed by atoms with Crippen molar-refractivity contribution in [1.29, 1.82) is 0 Å². The number of ether oxygens (including phenoxy) is 1. The molecule has 1 aliphatic heterocycles. The average Bonchev–Trinajstić information content (AvgIpc) is 2.36. The maximum Gasteiger partial charge on any atom is 0.323 e. The van der Waals surface area contributed by atoms with E-state index in [1.165, 1.54) is 0 Å². The van der Waals surface area contributed by atoms with Gasteiger partial charge in [0.15, 0.2) is 0 Å². The minimum absolute atomic E-state index is 0.447. The minimum Gasteiger partial charge on any atom is -0.480 e. The summed E-state index contributed by atoms with van der Waals surface area (Å²) in [4.78, 5) is 10.2. The standard InChI is InChI=1S/C6H9NO3/c7-5(6(8)9)4-2-1-3-10-4/h1-2,4-5H,3,7H2,(H,8,9)/t4-,5+/m1/s1. The van der Waals surface area contributed by atoms with Crippen LogP contribution >= 0.6 is 0 Å². The van der Waals surface area contributed by atoms with Crippen molar-refractivity contribution < 1.29 is 14.6 Å². The molecular formula is C6H9NO3. The van der Waals surface area contributed by atoms with E-state index in [4.69, 9.17) is 15.6 Å². The molecule has 56 valence electrons. The van der Waals surface area contributed by atoms with Gasteiger partial charge in [-0.25, -0.2) is 0 Å². The Balaban J connectivity index is 2.48. The van der Waals surface area contributed by atoms with Gasteiger partial charge in [0.05, 0.1) is 6.61 Å². The number of carboxylic acids is 1. The molecule has 0 saturated carbocycles. The summed E-state index contributed by atoms with van der Waals surface area (Å²) in [5.74, 6) is -1.03. The summed E-state index contributed by atoms with van der Waals surface area (Å²) >= 11 is 0. The molecule has 0 bridgehead atoms. The number of hydrogen-bond donors (Lipinski definition) is 2. The van der Waals surface area contributed by atoms with E-state index < -0.39 is 18.1 Å². The van der Waals surface area contributed by atoms with E-state index in [1.807, 2.05) is 0 Å². The van der Waals surface area contributed by atoms with Crippen LogP contribution in [-0.2, 0) is 9.53 Å². The largest absolute Gasteiger partial charge is 0.480 e.